The lowest BCUT2D eigenvalue weighted by molar-refractivity contribution is -0.384. The van der Waals surface area contributed by atoms with E-state index in [1.165, 1.54) is 12.1 Å². The van der Waals surface area contributed by atoms with Crippen LogP contribution in [0.4, 0.5) is 11.4 Å². The number of hydrogen-bond donors (Lipinski definition) is 1. The second-order valence-electron chi connectivity index (χ2n) is 7.81. The standard InChI is InChI=1S/C26H16N2O4/c29-26-24-23(19-10-3-4-11-21(19)32-26)22-18-9-2-1-6-15(18)12-13-20(22)27-25(24)16-7-5-8-17(14-16)28(30)31/h1-14,25,27H/t25-/m1/s1. The minimum Gasteiger partial charge on any atom is -0.422 e. The van der Waals surface area contributed by atoms with Gasteiger partial charge in [0, 0.05) is 34.3 Å². The largest absolute Gasteiger partial charge is 0.422 e. The highest BCUT2D eigenvalue weighted by molar-refractivity contribution is 6.11. The summed E-state index contributed by atoms with van der Waals surface area (Å²) in [6.45, 7) is 0. The third-order valence-electron chi connectivity index (χ3n) is 6.03. The Bertz CT molecular complexity index is 1620. The van der Waals surface area contributed by atoms with Crippen LogP contribution in [0.15, 0.2) is 94.1 Å². The van der Waals surface area contributed by atoms with Gasteiger partial charge >= 0.3 is 5.63 Å². The first-order chi connectivity index (χ1) is 15.6. The quantitative estimate of drug-likeness (QED) is 0.214. The Hall–Kier alpha value is -4.45. The van der Waals surface area contributed by atoms with Crippen LogP contribution in [0.3, 0.4) is 0 Å². The van der Waals surface area contributed by atoms with Crippen molar-refractivity contribution in [2.24, 2.45) is 0 Å². The molecule has 6 heteroatoms. The van der Waals surface area contributed by atoms with Gasteiger partial charge in [-0.15, -0.1) is 0 Å². The van der Waals surface area contributed by atoms with Crippen molar-refractivity contribution in [2.75, 3.05) is 5.32 Å². The summed E-state index contributed by atoms with van der Waals surface area (Å²) in [5.41, 5.74) is 3.71. The molecule has 0 spiro atoms. The molecule has 0 bridgehead atoms. The predicted octanol–water partition coefficient (Wildman–Crippen LogP) is 6.04. The molecule has 0 fully saturated rings. The molecule has 154 valence electrons. The van der Waals surface area contributed by atoms with Crippen LogP contribution in [-0.4, -0.2) is 4.92 Å². The minimum absolute atomic E-state index is 0.0275. The van der Waals surface area contributed by atoms with Crippen LogP contribution < -0.4 is 10.9 Å². The predicted molar refractivity (Wildman–Crippen MR) is 124 cm³/mol. The Balaban J connectivity index is 1.74. The first kappa shape index (κ1) is 18.3. The summed E-state index contributed by atoms with van der Waals surface area (Å²) in [5.74, 6) is 0. The van der Waals surface area contributed by atoms with E-state index in [9.17, 15) is 14.9 Å². The number of nitrogens with one attached hydrogen (secondary N) is 1. The molecule has 2 heterocycles. The lowest BCUT2D eigenvalue weighted by Gasteiger charge is -2.30. The maximum atomic E-state index is 13.3. The second kappa shape index (κ2) is 6.78. The van der Waals surface area contributed by atoms with Crippen LogP contribution in [0.25, 0.3) is 32.9 Å². The number of hydrogen-bond acceptors (Lipinski definition) is 5. The van der Waals surface area contributed by atoms with Gasteiger partial charge in [0.25, 0.3) is 5.69 Å². The van der Waals surface area contributed by atoms with Crippen molar-refractivity contribution in [1.29, 1.82) is 0 Å². The minimum atomic E-state index is -0.584. The van der Waals surface area contributed by atoms with Crippen LogP contribution >= 0.6 is 0 Å². The van der Waals surface area contributed by atoms with E-state index < -0.39 is 16.6 Å². The zero-order valence-corrected chi connectivity index (χ0v) is 16.7. The van der Waals surface area contributed by atoms with Crippen LogP contribution in [0.5, 0.6) is 0 Å². The first-order valence-electron chi connectivity index (χ1n) is 10.2. The van der Waals surface area contributed by atoms with Gasteiger partial charge in [0.2, 0.25) is 0 Å². The number of anilines is 1. The Morgan fingerprint density at radius 2 is 1.62 bits per heavy atom. The van der Waals surface area contributed by atoms with Gasteiger partial charge in [-0.1, -0.05) is 60.7 Å². The average molecular weight is 420 g/mol. The molecule has 1 atom stereocenters. The first-order valence-corrected chi connectivity index (χ1v) is 10.2. The summed E-state index contributed by atoms with van der Waals surface area (Å²) in [5, 5.41) is 17.7. The van der Waals surface area contributed by atoms with Crippen LogP contribution in [0.1, 0.15) is 17.2 Å². The van der Waals surface area contributed by atoms with Crippen molar-refractivity contribution in [3.63, 3.8) is 0 Å². The summed E-state index contributed by atoms with van der Waals surface area (Å²) in [6, 6.07) is 25.3. The molecule has 0 radical (unpaired) electrons. The fourth-order valence-corrected chi connectivity index (χ4v) is 4.65. The van der Waals surface area contributed by atoms with Gasteiger partial charge in [-0.3, -0.25) is 10.1 Å². The summed E-state index contributed by atoms with van der Waals surface area (Å²) >= 11 is 0. The number of nitro benzene ring substituents is 1. The van der Waals surface area contributed by atoms with E-state index in [-0.39, 0.29) is 5.69 Å². The molecule has 4 aromatic carbocycles. The molecule has 0 saturated heterocycles. The Labute approximate surface area is 181 Å². The van der Waals surface area contributed by atoms with Gasteiger partial charge in [-0.05, 0) is 28.5 Å². The molecule has 1 aliphatic heterocycles. The average Bonchev–Trinajstić information content (AvgIpc) is 2.83. The highest BCUT2D eigenvalue weighted by Crippen LogP contribution is 2.48. The highest BCUT2D eigenvalue weighted by Gasteiger charge is 2.32. The van der Waals surface area contributed by atoms with E-state index in [1.807, 2.05) is 54.6 Å². The molecular formula is C26H16N2O4. The zero-order valence-electron chi connectivity index (χ0n) is 16.7. The van der Waals surface area contributed by atoms with E-state index in [2.05, 4.69) is 5.32 Å². The smallest absolute Gasteiger partial charge is 0.342 e. The van der Waals surface area contributed by atoms with Crippen molar-refractivity contribution >= 4 is 33.1 Å². The number of fused-ring (bicyclic) bond motifs is 7. The fourth-order valence-electron chi connectivity index (χ4n) is 4.65. The monoisotopic (exact) mass is 420 g/mol. The lowest BCUT2D eigenvalue weighted by atomic mass is 9.83. The number of benzene rings is 4. The van der Waals surface area contributed by atoms with Crippen molar-refractivity contribution < 1.29 is 9.34 Å². The third-order valence-corrected chi connectivity index (χ3v) is 6.03. The van der Waals surface area contributed by atoms with E-state index in [0.29, 0.717) is 16.7 Å². The molecule has 1 N–H and O–H groups in total. The van der Waals surface area contributed by atoms with Crippen molar-refractivity contribution in [3.8, 4) is 11.1 Å². The van der Waals surface area contributed by atoms with Gasteiger partial charge in [0.05, 0.1) is 16.5 Å². The Morgan fingerprint density at radius 3 is 2.47 bits per heavy atom. The number of non-ortho nitro benzene ring substituents is 1. The molecule has 1 aliphatic rings. The van der Waals surface area contributed by atoms with Gasteiger partial charge in [0.1, 0.15) is 5.58 Å². The van der Waals surface area contributed by atoms with Gasteiger partial charge in [0.15, 0.2) is 0 Å². The van der Waals surface area contributed by atoms with Crippen molar-refractivity contribution in [1.82, 2.24) is 0 Å². The summed E-state index contributed by atoms with van der Waals surface area (Å²) < 4.78 is 5.69. The summed E-state index contributed by atoms with van der Waals surface area (Å²) in [6.07, 6.45) is 0. The van der Waals surface area contributed by atoms with Gasteiger partial charge in [-0.2, -0.15) is 0 Å². The van der Waals surface area contributed by atoms with Crippen molar-refractivity contribution in [2.45, 2.75) is 6.04 Å². The van der Waals surface area contributed by atoms with Crippen LogP contribution in [-0.2, 0) is 0 Å². The molecule has 1 aromatic heterocycles. The van der Waals surface area contributed by atoms with Crippen LogP contribution in [0.2, 0.25) is 0 Å². The molecule has 0 unspecified atom stereocenters. The molecule has 32 heavy (non-hydrogen) atoms. The van der Waals surface area contributed by atoms with Crippen molar-refractivity contribution in [3.05, 3.63) is 117 Å². The molecule has 6 nitrogen and oxygen atoms in total. The van der Waals surface area contributed by atoms with Gasteiger partial charge in [-0.25, -0.2) is 4.79 Å². The Morgan fingerprint density at radius 1 is 0.844 bits per heavy atom. The topological polar surface area (TPSA) is 85.4 Å². The van der Waals surface area contributed by atoms with E-state index in [0.717, 1.165) is 33.0 Å². The summed E-state index contributed by atoms with van der Waals surface area (Å²) in [4.78, 5) is 24.2. The molecule has 6 rings (SSSR count). The van der Waals surface area contributed by atoms with Crippen LogP contribution in [0, 0.1) is 10.1 Å². The van der Waals surface area contributed by atoms with Gasteiger partial charge < -0.3 is 9.73 Å². The normalized spacial score (nSPS) is 14.6. The number of nitro groups is 1. The zero-order chi connectivity index (χ0) is 21.8. The van der Waals surface area contributed by atoms with E-state index in [1.54, 1.807) is 18.2 Å². The lowest BCUT2D eigenvalue weighted by Crippen LogP contribution is -2.25. The van der Waals surface area contributed by atoms with E-state index in [4.69, 9.17) is 4.42 Å². The molecule has 0 saturated carbocycles. The van der Waals surface area contributed by atoms with E-state index >= 15 is 0 Å². The molecule has 0 aliphatic carbocycles. The second-order valence-corrected chi connectivity index (χ2v) is 7.81. The maximum absolute atomic E-state index is 13.3. The SMILES string of the molecule is O=c1oc2ccccc2c2c1[C@@H](c1cccc([N+](=O)[O-])c1)Nc1ccc3ccccc3c1-2. The summed E-state index contributed by atoms with van der Waals surface area (Å²) in [7, 11) is 0. The Kier molecular flexibility index (Phi) is 3.89. The third kappa shape index (κ3) is 2.63. The molecule has 5 aromatic rings. The fraction of sp³-hybridized carbons (Fsp3) is 0.0385. The number of para-hydroxylation sites is 1. The number of nitrogens with zero attached hydrogens (tertiary/aromatic N) is 1. The maximum Gasteiger partial charge on any atom is 0.342 e. The molecule has 0 amide bonds. The highest BCUT2D eigenvalue weighted by atomic mass is 16.6. The molecular weight excluding hydrogens is 404 g/mol. The number of rotatable bonds is 2.